The number of nitrogens with one attached hydrogen (secondary N) is 1. The van der Waals surface area contributed by atoms with Crippen molar-refractivity contribution in [1.29, 1.82) is 0 Å². The summed E-state index contributed by atoms with van der Waals surface area (Å²) < 4.78 is 40.1. The molecule has 1 aromatic heterocycles. The average Bonchev–Trinajstić information content (AvgIpc) is 2.47. The first-order valence-electron chi connectivity index (χ1n) is 6.44. The quantitative estimate of drug-likeness (QED) is 0.735. The SMILES string of the molecule is FC(F)(F)Oc1ccc(Nc2ncc3ccc(Cl)cc3n2)cc1. The summed E-state index contributed by atoms with van der Waals surface area (Å²) in [4.78, 5) is 8.43. The number of hydrogen-bond donors (Lipinski definition) is 1. The van der Waals surface area contributed by atoms with E-state index in [2.05, 4.69) is 20.0 Å². The van der Waals surface area contributed by atoms with Crippen molar-refractivity contribution in [3.05, 3.63) is 53.7 Å². The molecule has 1 heterocycles. The van der Waals surface area contributed by atoms with E-state index < -0.39 is 6.36 Å². The second-order valence-electron chi connectivity index (χ2n) is 4.59. The van der Waals surface area contributed by atoms with Crippen LogP contribution in [0.4, 0.5) is 24.8 Å². The largest absolute Gasteiger partial charge is 0.573 e. The molecule has 0 aliphatic carbocycles. The Morgan fingerprint density at radius 1 is 1.04 bits per heavy atom. The van der Waals surface area contributed by atoms with Crippen molar-refractivity contribution in [3.63, 3.8) is 0 Å². The standard InChI is InChI=1S/C15H9ClF3N3O/c16-10-2-1-9-8-20-14(22-13(9)7-10)21-11-3-5-12(6-4-11)23-15(17,18)19/h1-8H,(H,20,21,22). The number of fused-ring (bicyclic) bond motifs is 1. The molecule has 0 bridgehead atoms. The van der Waals surface area contributed by atoms with E-state index in [0.717, 1.165) is 5.39 Å². The highest BCUT2D eigenvalue weighted by Crippen LogP contribution is 2.25. The fraction of sp³-hybridized carbons (Fsp3) is 0.0667. The minimum Gasteiger partial charge on any atom is -0.406 e. The summed E-state index contributed by atoms with van der Waals surface area (Å²) in [5.41, 5.74) is 1.19. The van der Waals surface area contributed by atoms with Crippen LogP contribution in [0.15, 0.2) is 48.7 Å². The molecule has 0 amide bonds. The minimum atomic E-state index is -4.71. The van der Waals surface area contributed by atoms with E-state index in [1.165, 1.54) is 24.3 Å². The van der Waals surface area contributed by atoms with Gasteiger partial charge in [0.05, 0.1) is 5.52 Å². The van der Waals surface area contributed by atoms with Crippen LogP contribution < -0.4 is 10.1 Å². The van der Waals surface area contributed by atoms with E-state index >= 15 is 0 Å². The van der Waals surface area contributed by atoms with Gasteiger partial charge in [-0.15, -0.1) is 13.2 Å². The van der Waals surface area contributed by atoms with Gasteiger partial charge in [-0.1, -0.05) is 11.6 Å². The number of rotatable bonds is 3. The van der Waals surface area contributed by atoms with Crippen molar-refractivity contribution in [1.82, 2.24) is 9.97 Å². The number of anilines is 2. The first-order chi connectivity index (χ1) is 10.9. The minimum absolute atomic E-state index is 0.297. The maximum atomic E-state index is 12.1. The molecule has 118 valence electrons. The summed E-state index contributed by atoms with van der Waals surface area (Å²) in [5.74, 6) is 0.0125. The zero-order chi connectivity index (χ0) is 16.4. The maximum absolute atomic E-state index is 12.1. The molecule has 0 saturated carbocycles. The Bertz CT molecular complexity index is 837. The van der Waals surface area contributed by atoms with Gasteiger partial charge in [0.25, 0.3) is 0 Å². The Kier molecular flexibility index (Phi) is 3.96. The summed E-state index contributed by atoms with van der Waals surface area (Å²) >= 11 is 5.91. The van der Waals surface area contributed by atoms with Gasteiger partial charge in [0, 0.05) is 22.3 Å². The van der Waals surface area contributed by atoms with Gasteiger partial charge in [-0.05, 0) is 42.5 Å². The van der Waals surface area contributed by atoms with E-state index in [0.29, 0.717) is 22.2 Å². The molecule has 0 saturated heterocycles. The molecule has 3 aromatic rings. The molecule has 23 heavy (non-hydrogen) atoms. The maximum Gasteiger partial charge on any atom is 0.573 e. The number of ether oxygens (including phenoxy) is 1. The number of halogens is 4. The van der Waals surface area contributed by atoms with Crippen molar-refractivity contribution < 1.29 is 17.9 Å². The Balaban J connectivity index is 1.79. The Labute approximate surface area is 133 Å². The lowest BCUT2D eigenvalue weighted by atomic mass is 10.2. The molecule has 1 N–H and O–H groups in total. The van der Waals surface area contributed by atoms with Crippen molar-refractivity contribution in [2.24, 2.45) is 0 Å². The molecule has 0 aliphatic heterocycles. The summed E-state index contributed by atoms with van der Waals surface area (Å²) in [6, 6.07) is 10.5. The predicted molar refractivity (Wildman–Crippen MR) is 81.0 cm³/mol. The fourth-order valence-corrected chi connectivity index (χ4v) is 2.09. The second kappa shape index (κ2) is 5.92. The third-order valence-electron chi connectivity index (χ3n) is 2.89. The average molecular weight is 340 g/mol. The van der Waals surface area contributed by atoms with Gasteiger partial charge < -0.3 is 10.1 Å². The zero-order valence-electron chi connectivity index (χ0n) is 11.4. The summed E-state index contributed by atoms with van der Waals surface area (Å²) in [5, 5.41) is 4.28. The normalized spacial score (nSPS) is 11.5. The van der Waals surface area contributed by atoms with E-state index in [1.54, 1.807) is 24.4 Å². The van der Waals surface area contributed by atoms with E-state index in [4.69, 9.17) is 11.6 Å². The lowest BCUT2D eigenvalue weighted by Crippen LogP contribution is -2.16. The smallest absolute Gasteiger partial charge is 0.406 e. The zero-order valence-corrected chi connectivity index (χ0v) is 12.2. The van der Waals surface area contributed by atoms with Crippen molar-refractivity contribution in [3.8, 4) is 5.75 Å². The molecule has 0 unspecified atom stereocenters. The summed E-state index contributed by atoms with van der Waals surface area (Å²) in [6.45, 7) is 0. The highest BCUT2D eigenvalue weighted by molar-refractivity contribution is 6.31. The fourth-order valence-electron chi connectivity index (χ4n) is 1.93. The van der Waals surface area contributed by atoms with Crippen molar-refractivity contribution >= 4 is 34.1 Å². The van der Waals surface area contributed by atoms with Crippen molar-refractivity contribution in [2.75, 3.05) is 5.32 Å². The van der Waals surface area contributed by atoms with E-state index in [1.807, 2.05) is 0 Å². The number of nitrogens with zero attached hydrogens (tertiary/aromatic N) is 2. The van der Waals surface area contributed by atoms with Crippen LogP contribution in [0.1, 0.15) is 0 Å². The highest BCUT2D eigenvalue weighted by Gasteiger charge is 2.30. The third-order valence-corrected chi connectivity index (χ3v) is 3.12. The number of alkyl halides is 3. The van der Waals surface area contributed by atoms with E-state index in [-0.39, 0.29) is 5.75 Å². The lowest BCUT2D eigenvalue weighted by molar-refractivity contribution is -0.274. The molecular weight excluding hydrogens is 331 g/mol. The van der Waals surface area contributed by atoms with Crippen LogP contribution >= 0.6 is 11.6 Å². The van der Waals surface area contributed by atoms with Gasteiger partial charge >= 0.3 is 6.36 Å². The van der Waals surface area contributed by atoms with Gasteiger partial charge in [0.2, 0.25) is 5.95 Å². The van der Waals surface area contributed by atoms with Crippen LogP contribution in [0.25, 0.3) is 10.9 Å². The monoisotopic (exact) mass is 339 g/mol. The van der Waals surface area contributed by atoms with Crippen LogP contribution in [0.2, 0.25) is 5.02 Å². The molecule has 0 fully saturated rings. The Morgan fingerprint density at radius 3 is 2.48 bits per heavy atom. The van der Waals surface area contributed by atoms with Crippen LogP contribution in [-0.4, -0.2) is 16.3 Å². The van der Waals surface area contributed by atoms with Gasteiger partial charge in [0.15, 0.2) is 0 Å². The van der Waals surface area contributed by atoms with Crippen LogP contribution in [0.5, 0.6) is 5.75 Å². The van der Waals surface area contributed by atoms with Crippen molar-refractivity contribution in [2.45, 2.75) is 6.36 Å². The van der Waals surface area contributed by atoms with Crippen LogP contribution in [-0.2, 0) is 0 Å². The summed E-state index contributed by atoms with van der Waals surface area (Å²) in [6.07, 6.45) is -3.09. The topological polar surface area (TPSA) is 47.0 Å². The highest BCUT2D eigenvalue weighted by atomic mass is 35.5. The molecule has 0 radical (unpaired) electrons. The summed E-state index contributed by atoms with van der Waals surface area (Å²) in [7, 11) is 0. The number of hydrogen-bond acceptors (Lipinski definition) is 4. The molecule has 8 heteroatoms. The van der Waals surface area contributed by atoms with Gasteiger partial charge in [-0.3, -0.25) is 0 Å². The molecular formula is C15H9ClF3N3O. The molecule has 3 rings (SSSR count). The Hall–Kier alpha value is -2.54. The molecule has 0 atom stereocenters. The van der Waals surface area contributed by atoms with Crippen LogP contribution in [0, 0.1) is 0 Å². The van der Waals surface area contributed by atoms with E-state index in [9.17, 15) is 13.2 Å². The first-order valence-corrected chi connectivity index (χ1v) is 6.82. The predicted octanol–water partition coefficient (Wildman–Crippen LogP) is 4.93. The number of benzene rings is 2. The number of aromatic nitrogens is 2. The van der Waals surface area contributed by atoms with Gasteiger partial charge in [-0.25, -0.2) is 9.97 Å². The first kappa shape index (κ1) is 15.4. The third kappa shape index (κ3) is 4.01. The molecule has 2 aromatic carbocycles. The van der Waals surface area contributed by atoms with Gasteiger partial charge in [-0.2, -0.15) is 0 Å². The second-order valence-corrected chi connectivity index (χ2v) is 5.03. The molecule has 4 nitrogen and oxygen atoms in total. The Morgan fingerprint density at radius 2 is 1.78 bits per heavy atom. The molecule has 0 spiro atoms. The van der Waals surface area contributed by atoms with Gasteiger partial charge in [0.1, 0.15) is 5.75 Å². The van der Waals surface area contributed by atoms with Crippen LogP contribution in [0.3, 0.4) is 0 Å². The molecule has 0 aliphatic rings. The lowest BCUT2D eigenvalue weighted by Gasteiger charge is -2.10.